The molecule has 3 rings (SSSR count). The Morgan fingerprint density at radius 3 is 2.52 bits per heavy atom. The van der Waals surface area contributed by atoms with Crippen LogP contribution in [0, 0.1) is 6.92 Å². The number of anilines is 1. The molecule has 124 valence electrons. The first-order valence-electron chi connectivity index (χ1n) is 7.89. The van der Waals surface area contributed by atoms with Crippen LogP contribution in [0.25, 0.3) is 0 Å². The van der Waals surface area contributed by atoms with Crippen molar-refractivity contribution in [2.75, 3.05) is 31.1 Å². The fraction of sp³-hybridized carbons (Fsp3) is 0.600. The second-order valence-corrected chi connectivity index (χ2v) is 6.05. The summed E-state index contributed by atoms with van der Waals surface area (Å²) < 4.78 is 6.96. The molecule has 2 aromatic heterocycles. The van der Waals surface area contributed by atoms with Crippen molar-refractivity contribution >= 4 is 5.82 Å². The van der Waals surface area contributed by atoms with E-state index in [9.17, 15) is 4.79 Å². The van der Waals surface area contributed by atoms with Crippen molar-refractivity contribution in [3.63, 3.8) is 0 Å². The number of aromatic nitrogens is 4. The Balaban J connectivity index is 1.62. The van der Waals surface area contributed by atoms with E-state index in [4.69, 9.17) is 4.42 Å². The molecule has 0 bridgehead atoms. The van der Waals surface area contributed by atoms with Gasteiger partial charge in [-0.15, -0.1) is 10.2 Å². The van der Waals surface area contributed by atoms with Crippen molar-refractivity contribution < 1.29 is 4.42 Å². The molecule has 3 heterocycles. The lowest BCUT2D eigenvalue weighted by atomic mass is 10.3. The number of hydrogen-bond donors (Lipinski definition) is 0. The second-order valence-electron chi connectivity index (χ2n) is 6.05. The molecule has 1 aliphatic heterocycles. The second kappa shape index (κ2) is 6.49. The van der Waals surface area contributed by atoms with Crippen molar-refractivity contribution in [3.8, 4) is 0 Å². The van der Waals surface area contributed by atoms with Crippen molar-refractivity contribution in [2.45, 2.75) is 33.4 Å². The molecule has 2 aromatic rings. The third kappa shape index (κ3) is 3.58. The Bertz CT molecular complexity index is 715. The standard InChI is InChI=1S/C15H22N6O2/c1-11(2)21-15(22)5-4-13(18-21)20-8-6-19(7-9-20)10-14-17-16-12(3)23-14/h4-5,11H,6-10H2,1-3H3. The maximum absolute atomic E-state index is 11.8. The summed E-state index contributed by atoms with van der Waals surface area (Å²) in [6.45, 7) is 9.89. The fourth-order valence-corrected chi connectivity index (χ4v) is 2.68. The number of nitrogens with zero attached hydrogens (tertiary/aromatic N) is 6. The molecule has 0 N–H and O–H groups in total. The largest absolute Gasteiger partial charge is 0.424 e. The lowest BCUT2D eigenvalue weighted by Gasteiger charge is -2.34. The first-order valence-corrected chi connectivity index (χ1v) is 7.89. The van der Waals surface area contributed by atoms with Gasteiger partial charge in [-0.05, 0) is 19.9 Å². The van der Waals surface area contributed by atoms with E-state index in [0.29, 0.717) is 18.3 Å². The van der Waals surface area contributed by atoms with Gasteiger partial charge in [-0.1, -0.05) is 0 Å². The minimum absolute atomic E-state index is 0.0597. The van der Waals surface area contributed by atoms with Gasteiger partial charge >= 0.3 is 0 Å². The zero-order chi connectivity index (χ0) is 16.4. The molecule has 8 heteroatoms. The summed E-state index contributed by atoms with van der Waals surface area (Å²) in [6.07, 6.45) is 0. The van der Waals surface area contributed by atoms with Crippen LogP contribution in [0.3, 0.4) is 0 Å². The molecule has 0 aliphatic carbocycles. The lowest BCUT2D eigenvalue weighted by molar-refractivity contribution is 0.224. The predicted octanol–water partition coefficient (Wildman–Crippen LogP) is 0.838. The van der Waals surface area contributed by atoms with Gasteiger partial charge in [0.05, 0.1) is 12.6 Å². The number of rotatable bonds is 4. The van der Waals surface area contributed by atoms with Crippen LogP contribution in [-0.4, -0.2) is 51.1 Å². The van der Waals surface area contributed by atoms with Crippen LogP contribution >= 0.6 is 0 Å². The highest BCUT2D eigenvalue weighted by molar-refractivity contribution is 5.37. The number of piperazine rings is 1. The molecular formula is C15H22N6O2. The first kappa shape index (κ1) is 15.7. The summed E-state index contributed by atoms with van der Waals surface area (Å²) in [4.78, 5) is 16.3. The highest BCUT2D eigenvalue weighted by Crippen LogP contribution is 2.14. The van der Waals surface area contributed by atoms with Crippen molar-refractivity contribution in [1.82, 2.24) is 24.9 Å². The molecule has 0 saturated carbocycles. The topological polar surface area (TPSA) is 80.3 Å². The van der Waals surface area contributed by atoms with Gasteiger partial charge in [-0.25, -0.2) is 4.68 Å². The van der Waals surface area contributed by atoms with Crippen LogP contribution in [0.4, 0.5) is 5.82 Å². The summed E-state index contributed by atoms with van der Waals surface area (Å²) >= 11 is 0. The Kier molecular flexibility index (Phi) is 4.42. The molecule has 0 spiro atoms. The van der Waals surface area contributed by atoms with E-state index in [1.54, 1.807) is 19.1 Å². The van der Waals surface area contributed by atoms with Crippen LogP contribution in [0.1, 0.15) is 31.7 Å². The molecule has 0 amide bonds. The third-order valence-corrected chi connectivity index (χ3v) is 3.92. The van der Waals surface area contributed by atoms with Crippen LogP contribution in [0.15, 0.2) is 21.3 Å². The van der Waals surface area contributed by atoms with E-state index in [1.807, 2.05) is 13.8 Å². The summed E-state index contributed by atoms with van der Waals surface area (Å²) in [6, 6.07) is 3.46. The van der Waals surface area contributed by atoms with E-state index in [-0.39, 0.29) is 11.6 Å². The van der Waals surface area contributed by atoms with Gasteiger partial charge in [0.25, 0.3) is 5.56 Å². The van der Waals surface area contributed by atoms with Gasteiger partial charge in [0.1, 0.15) is 5.82 Å². The maximum atomic E-state index is 11.8. The quantitative estimate of drug-likeness (QED) is 0.826. The molecule has 0 unspecified atom stereocenters. The maximum Gasteiger partial charge on any atom is 0.267 e. The van der Waals surface area contributed by atoms with Crippen LogP contribution < -0.4 is 10.5 Å². The van der Waals surface area contributed by atoms with Gasteiger partial charge in [0, 0.05) is 39.2 Å². The van der Waals surface area contributed by atoms with Gasteiger partial charge in [-0.3, -0.25) is 9.69 Å². The van der Waals surface area contributed by atoms with Crippen LogP contribution in [0.5, 0.6) is 0 Å². The minimum atomic E-state index is -0.0610. The van der Waals surface area contributed by atoms with E-state index >= 15 is 0 Å². The Labute approximate surface area is 134 Å². The van der Waals surface area contributed by atoms with Crippen LogP contribution in [-0.2, 0) is 6.54 Å². The van der Waals surface area contributed by atoms with Gasteiger partial charge in [0.2, 0.25) is 11.8 Å². The van der Waals surface area contributed by atoms with Crippen molar-refractivity contribution in [3.05, 3.63) is 34.3 Å². The highest BCUT2D eigenvalue weighted by atomic mass is 16.4. The van der Waals surface area contributed by atoms with Gasteiger partial charge < -0.3 is 9.32 Å². The Hall–Kier alpha value is -2.22. The minimum Gasteiger partial charge on any atom is -0.424 e. The molecule has 1 saturated heterocycles. The summed E-state index contributed by atoms with van der Waals surface area (Å²) in [5.74, 6) is 2.10. The molecular weight excluding hydrogens is 296 g/mol. The molecule has 8 nitrogen and oxygen atoms in total. The van der Waals surface area contributed by atoms with Gasteiger partial charge in [-0.2, -0.15) is 5.10 Å². The molecule has 0 radical (unpaired) electrons. The summed E-state index contributed by atoms with van der Waals surface area (Å²) in [7, 11) is 0. The average molecular weight is 318 g/mol. The van der Waals surface area contributed by atoms with Gasteiger partial charge in [0.15, 0.2) is 0 Å². The summed E-state index contributed by atoms with van der Waals surface area (Å²) in [5.41, 5.74) is -0.0610. The lowest BCUT2D eigenvalue weighted by Crippen LogP contribution is -2.46. The molecule has 1 fully saturated rings. The number of aryl methyl sites for hydroxylation is 1. The molecule has 0 aromatic carbocycles. The summed E-state index contributed by atoms with van der Waals surface area (Å²) in [5, 5.41) is 12.4. The SMILES string of the molecule is Cc1nnc(CN2CCN(c3ccc(=O)n(C(C)C)n3)CC2)o1. The van der Waals surface area contributed by atoms with E-state index in [2.05, 4.69) is 25.1 Å². The van der Waals surface area contributed by atoms with E-state index in [0.717, 1.165) is 32.0 Å². The third-order valence-electron chi connectivity index (χ3n) is 3.92. The van der Waals surface area contributed by atoms with Crippen LogP contribution in [0.2, 0.25) is 0 Å². The monoisotopic (exact) mass is 318 g/mol. The predicted molar refractivity (Wildman–Crippen MR) is 85.4 cm³/mol. The normalized spacial score (nSPS) is 16.3. The zero-order valence-electron chi connectivity index (χ0n) is 13.8. The van der Waals surface area contributed by atoms with Crippen molar-refractivity contribution in [2.24, 2.45) is 0 Å². The van der Waals surface area contributed by atoms with Crippen molar-refractivity contribution in [1.29, 1.82) is 0 Å². The smallest absolute Gasteiger partial charge is 0.267 e. The Morgan fingerprint density at radius 1 is 1.17 bits per heavy atom. The molecule has 23 heavy (non-hydrogen) atoms. The Morgan fingerprint density at radius 2 is 1.91 bits per heavy atom. The molecule has 1 aliphatic rings. The average Bonchev–Trinajstić information content (AvgIpc) is 2.93. The zero-order valence-corrected chi connectivity index (χ0v) is 13.8. The first-order chi connectivity index (χ1) is 11.0. The fourth-order valence-electron chi connectivity index (χ4n) is 2.68. The van der Waals surface area contributed by atoms with E-state index in [1.165, 1.54) is 4.68 Å². The molecule has 0 atom stereocenters. The number of hydrogen-bond acceptors (Lipinski definition) is 7. The highest BCUT2D eigenvalue weighted by Gasteiger charge is 2.20. The van der Waals surface area contributed by atoms with E-state index < -0.39 is 0 Å².